The third-order valence-corrected chi connectivity index (χ3v) is 19.4. The number of rotatable bonds is 74. The van der Waals surface area contributed by atoms with Crippen LogP contribution in [0.4, 0.5) is 0 Å². The van der Waals surface area contributed by atoms with Crippen LogP contribution in [-0.2, 0) is 65.4 Å². The number of ether oxygens (including phenoxy) is 4. The Kier molecular flexibility index (Phi) is 65.5. The molecular formula is C75H146O17P2. The van der Waals surface area contributed by atoms with Crippen LogP contribution >= 0.6 is 15.6 Å². The zero-order chi connectivity index (χ0) is 69.3. The van der Waals surface area contributed by atoms with Crippen LogP contribution in [-0.4, -0.2) is 96.7 Å². The first kappa shape index (κ1) is 92.1. The summed E-state index contributed by atoms with van der Waals surface area (Å²) < 4.78 is 68.5. The van der Waals surface area contributed by atoms with Crippen molar-refractivity contribution in [3.63, 3.8) is 0 Å². The van der Waals surface area contributed by atoms with Gasteiger partial charge in [-0.1, -0.05) is 337 Å². The van der Waals surface area contributed by atoms with Gasteiger partial charge in [0.05, 0.1) is 26.4 Å². The van der Waals surface area contributed by atoms with Crippen molar-refractivity contribution in [1.82, 2.24) is 0 Å². The highest BCUT2D eigenvalue weighted by Gasteiger charge is 2.30. The average Bonchev–Trinajstić information content (AvgIpc) is 1.33. The maximum absolute atomic E-state index is 13.1. The Morgan fingerprint density at radius 3 is 0.723 bits per heavy atom. The molecule has 0 aliphatic carbocycles. The Morgan fingerprint density at radius 2 is 0.489 bits per heavy atom. The predicted molar refractivity (Wildman–Crippen MR) is 381 cm³/mol. The zero-order valence-electron chi connectivity index (χ0n) is 61.3. The molecule has 0 saturated heterocycles. The van der Waals surface area contributed by atoms with E-state index in [0.717, 1.165) is 102 Å². The number of phosphoric ester groups is 2. The molecule has 0 rings (SSSR count). The first-order valence-electron chi connectivity index (χ1n) is 39.0. The molecule has 0 fully saturated rings. The molecular weight excluding hydrogens is 1230 g/mol. The molecule has 0 spiro atoms. The van der Waals surface area contributed by atoms with E-state index in [-0.39, 0.29) is 25.7 Å². The maximum Gasteiger partial charge on any atom is 0.472 e. The second kappa shape index (κ2) is 66.9. The van der Waals surface area contributed by atoms with Gasteiger partial charge in [0, 0.05) is 25.7 Å². The smallest absolute Gasteiger partial charge is 0.462 e. The summed E-state index contributed by atoms with van der Waals surface area (Å²) in [6, 6.07) is 0. The molecule has 0 heterocycles. The number of carbonyl (C=O) groups is 4. The van der Waals surface area contributed by atoms with Gasteiger partial charge < -0.3 is 33.8 Å². The highest BCUT2D eigenvalue weighted by molar-refractivity contribution is 7.47. The van der Waals surface area contributed by atoms with E-state index in [1.165, 1.54) is 205 Å². The summed E-state index contributed by atoms with van der Waals surface area (Å²) in [7, 11) is -9.91. The molecule has 0 aliphatic rings. The number of phosphoric acid groups is 2. The lowest BCUT2D eigenvalue weighted by Crippen LogP contribution is -2.30. The number of carbonyl (C=O) groups excluding carboxylic acids is 4. The van der Waals surface area contributed by atoms with Crippen LogP contribution in [0.25, 0.3) is 0 Å². The Hall–Kier alpha value is -1.94. The van der Waals surface area contributed by atoms with Crippen LogP contribution in [0.2, 0.25) is 0 Å². The molecule has 0 aliphatic heterocycles. The normalized spacial score (nSPS) is 14.0. The van der Waals surface area contributed by atoms with Gasteiger partial charge in [-0.05, 0) is 37.5 Å². The highest BCUT2D eigenvalue weighted by atomic mass is 31.2. The molecule has 19 heteroatoms. The SMILES string of the molecule is CCCCCCCCCCCCCCCCCCCCC(=O)O[C@H](COC(=O)CCCCCCCCCCCCC(C)C)COP(=O)(O)OC[C@@H](O)COP(=O)(O)OC[C@@H](COC(=O)CCCCCCCCCCCCC)OC(=O)CCCCCCCCCCCC(C)C. The molecule has 0 aromatic heterocycles. The van der Waals surface area contributed by atoms with Gasteiger partial charge in [0.2, 0.25) is 0 Å². The number of hydrogen-bond donors (Lipinski definition) is 3. The van der Waals surface area contributed by atoms with E-state index in [1.807, 2.05) is 0 Å². The fourth-order valence-electron chi connectivity index (χ4n) is 11.5. The van der Waals surface area contributed by atoms with Crippen molar-refractivity contribution in [2.75, 3.05) is 39.6 Å². The van der Waals surface area contributed by atoms with Crippen molar-refractivity contribution in [2.45, 2.75) is 407 Å². The van der Waals surface area contributed by atoms with Gasteiger partial charge >= 0.3 is 39.5 Å². The Morgan fingerprint density at radius 1 is 0.287 bits per heavy atom. The molecule has 0 radical (unpaired) electrons. The summed E-state index contributed by atoms with van der Waals surface area (Å²) in [5.41, 5.74) is 0. The van der Waals surface area contributed by atoms with E-state index in [0.29, 0.717) is 25.7 Å². The summed E-state index contributed by atoms with van der Waals surface area (Å²) in [6.45, 7) is 9.56. The molecule has 5 atom stereocenters. The van der Waals surface area contributed by atoms with E-state index in [4.69, 9.17) is 37.0 Å². The molecule has 0 aromatic rings. The van der Waals surface area contributed by atoms with Crippen molar-refractivity contribution < 1.29 is 80.2 Å². The number of esters is 4. The average molecular weight is 1380 g/mol. The van der Waals surface area contributed by atoms with Gasteiger partial charge in [-0.2, -0.15) is 0 Å². The second-order valence-electron chi connectivity index (χ2n) is 28.0. The molecule has 94 heavy (non-hydrogen) atoms. The van der Waals surface area contributed by atoms with E-state index >= 15 is 0 Å². The summed E-state index contributed by atoms with van der Waals surface area (Å²) in [5.74, 6) is -0.622. The third-order valence-electron chi connectivity index (χ3n) is 17.5. The highest BCUT2D eigenvalue weighted by Crippen LogP contribution is 2.45. The lowest BCUT2D eigenvalue weighted by atomic mass is 10.0. The zero-order valence-corrected chi connectivity index (χ0v) is 63.1. The summed E-state index contributed by atoms with van der Waals surface area (Å²) in [6.07, 6.45) is 54.1. The maximum atomic E-state index is 13.1. The van der Waals surface area contributed by atoms with Crippen molar-refractivity contribution in [1.29, 1.82) is 0 Å². The number of aliphatic hydroxyl groups is 1. The van der Waals surface area contributed by atoms with Gasteiger partial charge in [0.25, 0.3) is 0 Å². The third kappa shape index (κ3) is 68.6. The lowest BCUT2D eigenvalue weighted by molar-refractivity contribution is -0.161. The van der Waals surface area contributed by atoms with E-state index < -0.39 is 97.5 Å². The molecule has 0 saturated carbocycles. The van der Waals surface area contributed by atoms with E-state index in [2.05, 4.69) is 41.5 Å². The molecule has 0 amide bonds. The minimum atomic E-state index is -4.96. The quantitative estimate of drug-likeness (QED) is 0.0222. The van der Waals surface area contributed by atoms with Gasteiger partial charge in [-0.25, -0.2) is 9.13 Å². The predicted octanol–water partition coefficient (Wildman–Crippen LogP) is 21.9. The summed E-state index contributed by atoms with van der Waals surface area (Å²) >= 11 is 0. The lowest BCUT2D eigenvalue weighted by Gasteiger charge is -2.21. The first-order chi connectivity index (χ1) is 45.4. The fourth-order valence-corrected chi connectivity index (χ4v) is 13.1. The van der Waals surface area contributed by atoms with Gasteiger partial charge in [-0.3, -0.25) is 37.3 Å². The molecule has 0 aromatic carbocycles. The van der Waals surface area contributed by atoms with Crippen molar-refractivity contribution in [3.05, 3.63) is 0 Å². The largest absolute Gasteiger partial charge is 0.472 e. The minimum Gasteiger partial charge on any atom is -0.462 e. The van der Waals surface area contributed by atoms with Crippen LogP contribution in [0.15, 0.2) is 0 Å². The van der Waals surface area contributed by atoms with E-state index in [9.17, 15) is 43.2 Å². The number of unbranched alkanes of at least 4 members (excludes halogenated alkanes) is 44. The summed E-state index contributed by atoms with van der Waals surface area (Å²) in [4.78, 5) is 72.8. The molecule has 3 N–H and O–H groups in total. The standard InChI is InChI=1S/C75H146O17P2/c1-7-9-11-13-15-17-19-20-21-22-23-24-25-27-35-41-47-53-59-74(79)91-70(63-86-73(78)58-52-46-40-34-29-28-31-37-43-49-55-67(3)4)65-89-93(81,82)87-61-69(76)62-88-94(83,84)90-66-71(64-85-72(77)57-51-45-39-33-26-18-16-14-12-10-8-2)92-75(80)60-54-48-42-36-30-32-38-44-50-56-68(5)6/h67-71,76H,7-66H2,1-6H3,(H,81,82)(H,83,84)/t69-,70-,71-/m1/s1. The van der Waals surface area contributed by atoms with Crippen molar-refractivity contribution in [3.8, 4) is 0 Å². The Labute approximate surface area is 575 Å². The number of aliphatic hydroxyl groups excluding tert-OH is 1. The number of hydrogen-bond acceptors (Lipinski definition) is 15. The molecule has 558 valence electrons. The van der Waals surface area contributed by atoms with E-state index in [1.54, 1.807) is 0 Å². The molecule has 17 nitrogen and oxygen atoms in total. The van der Waals surface area contributed by atoms with Crippen LogP contribution in [0.1, 0.15) is 388 Å². The van der Waals surface area contributed by atoms with Crippen molar-refractivity contribution >= 4 is 39.5 Å². The van der Waals surface area contributed by atoms with Gasteiger partial charge in [0.1, 0.15) is 19.3 Å². The van der Waals surface area contributed by atoms with Crippen LogP contribution in [0.3, 0.4) is 0 Å². The first-order valence-corrected chi connectivity index (χ1v) is 42.0. The topological polar surface area (TPSA) is 237 Å². The second-order valence-corrected chi connectivity index (χ2v) is 30.9. The van der Waals surface area contributed by atoms with Crippen molar-refractivity contribution in [2.24, 2.45) is 11.8 Å². The van der Waals surface area contributed by atoms with Crippen LogP contribution in [0, 0.1) is 11.8 Å². The van der Waals surface area contributed by atoms with Gasteiger partial charge in [-0.15, -0.1) is 0 Å². The fraction of sp³-hybridized carbons (Fsp3) is 0.947. The van der Waals surface area contributed by atoms with Gasteiger partial charge in [0.15, 0.2) is 12.2 Å². The molecule has 2 unspecified atom stereocenters. The molecule has 0 bridgehead atoms. The Bertz CT molecular complexity index is 1820. The summed E-state index contributed by atoms with van der Waals surface area (Å²) in [5, 5.41) is 10.6. The minimum absolute atomic E-state index is 0.106. The van der Waals surface area contributed by atoms with Crippen LogP contribution in [0.5, 0.6) is 0 Å². The van der Waals surface area contributed by atoms with Crippen LogP contribution < -0.4 is 0 Å². The monoisotopic (exact) mass is 1380 g/mol. The Balaban J connectivity index is 5.24.